The van der Waals surface area contributed by atoms with Gasteiger partial charge in [0.05, 0.1) is 18.5 Å². The fraction of sp³-hybridized carbons (Fsp3) is 0.0417. The highest BCUT2D eigenvalue weighted by Crippen LogP contribution is 2.26. The number of anilines is 1. The predicted octanol–water partition coefficient (Wildman–Crippen LogP) is 5.21. The minimum absolute atomic E-state index is 0.163. The maximum Gasteiger partial charge on any atom is 0.258 e. The molecule has 1 heterocycles. The van der Waals surface area contributed by atoms with Crippen molar-refractivity contribution in [3.8, 4) is 28.3 Å². The van der Waals surface area contributed by atoms with Crippen molar-refractivity contribution in [2.75, 3.05) is 12.4 Å². The Morgan fingerprint density at radius 2 is 1.43 bits per heavy atom. The van der Waals surface area contributed by atoms with Gasteiger partial charge in [-0.15, -0.1) is 0 Å². The summed E-state index contributed by atoms with van der Waals surface area (Å²) < 4.78 is 18.4. The first kappa shape index (κ1) is 19.3. The van der Waals surface area contributed by atoms with Crippen molar-refractivity contribution in [1.29, 1.82) is 0 Å². The second kappa shape index (κ2) is 8.53. The topological polar surface area (TPSA) is 64.1 Å². The molecule has 0 aliphatic heterocycles. The Hall–Kier alpha value is -4.06. The molecule has 5 nitrogen and oxygen atoms in total. The number of hydrogen-bond donors (Lipinski definition) is 1. The average Bonchev–Trinajstić information content (AvgIpc) is 2.80. The molecule has 0 aliphatic rings. The Labute approximate surface area is 173 Å². The van der Waals surface area contributed by atoms with Gasteiger partial charge in [0.25, 0.3) is 5.91 Å². The van der Waals surface area contributed by atoms with E-state index >= 15 is 0 Å². The number of nitrogens with one attached hydrogen (secondary N) is 1. The third-order valence-corrected chi connectivity index (χ3v) is 4.51. The van der Waals surface area contributed by atoms with E-state index in [4.69, 9.17) is 4.74 Å². The summed E-state index contributed by atoms with van der Waals surface area (Å²) in [5.41, 5.74) is 3.39. The summed E-state index contributed by atoms with van der Waals surface area (Å²) >= 11 is 0. The molecule has 148 valence electrons. The van der Waals surface area contributed by atoms with Gasteiger partial charge in [0, 0.05) is 16.7 Å². The zero-order valence-electron chi connectivity index (χ0n) is 16.2. The molecular weight excluding hydrogens is 381 g/mol. The summed E-state index contributed by atoms with van der Waals surface area (Å²) in [6.07, 6.45) is 0. The summed E-state index contributed by atoms with van der Waals surface area (Å²) in [6, 6.07) is 24.3. The number of aromatic nitrogens is 2. The highest BCUT2D eigenvalue weighted by Gasteiger charge is 2.13. The largest absolute Gasteiger partial charge is 0.497 e. The van der Waals surface area contributed by atoms with Crippen LogP contribution in [0.15, 0.2) is 84.9 Å². The summed E-state index contributed by atoms with van der Waals surface area (Å²) in [7, 11) is 1.61. The molecule has 3 aromatic carbocycles. The third-order valence-electron chi connectivity index (χ3n) is 4.51. The Bertz CT molecular complexity index is 1160. The molecule has 0 spiro atoms. The van der Waals surface area contributed by atoms with E-state index < -0.39 is 11.7 Å². The summed E-state index contributed by atoms with van der Waals surface area (Å²) in [5.74, 6) is 0.0778. The molecule has 0 unspecified atom stereocenters. The fourth-order valence-corrected chi connectivity index (χ4v) is 2.94. The van der Waals surface area contributed by atoms with Crippen molar-refractivity contribution in [2.45, 2.75) is 0 Å². The Morgan fingerprint density at radius 1 is 0.833 bits per heavy atom. The van der Waals surface area contributed by atoms with Gasteiger partial charge in [-0.2, -0.15) is 0 Å². The monoisotopic (exact) mass is 399 g/mol. The van der Waals surface area contributed by atoms with Crippen molar-refractivity contribution in [3.05, 3.63) is 96.3 Å². The average molecular weight is 399 g/mol. The van der Waals surface area contributed by atoms with Gasteiger partial charge in [-0.05, 0) is 54.6 Å². The number of halogens is 1. The minimum Gasteiger partial charge on any atom is -0.497 e. The molecule has 0 saturated carbocycles. The van der Waals surface area contributed by atoms with Crippen LogP contribution >= 0.6 is 0 Å². The van der Waals surface area contributed by atoms with Gasteiger partial charge in [-0.1, -0.05) is 30.3 Å². The van der Waals surface area contributed by atoms with Gasteiger partial charge in [0.15, 0.2) is 0 Å². The summed E-state index contributed by atoms with van der Waals surface area (Å²) in [6.45, 7) is 0. The van der Waals surface area contributed by atoms with Crippen LogP contribution in [0.25, 0.3) is 22.5 Å². The standard InChI is InChI=1S/C24H18FN3O2/c1-30-20-13-9-17(10-14-20)22-15-21(16-5-3-2-4-6-16)26-24(27-22)28-23(29)18-7-11-19(25)12-8-18/h2-15H,1H3,(H,26,27,28,29). The van der Waals surface area contributed by atoms with Crippen LogP contribution in [0.4, 0.5) is 10.3 Å². The van der Waals surface area contributed by atoms with E-state index in [2.05, 4.69) is 15.3 Å². The molecule has 0 fully saturated rings. The van der Waals surface area contributed by atoms with Gasteiger partial charge in [-0.25, -0.2) is 14.4 Å². The molecule has 1 aromatic heterocycles. The van der Waals surface area contributed by atoms with E-state index in [1.54, 1.807) is 7.11 Å². The molecule has 0 saturated heterocycles. The lowest BCUT2D eigenvalue weighted by atomic mass is 10.1. The second-order valence-corrected chi connectivity index (χ2v) is 6.52. The number of rotatable bonds is 5. The highest BCUT2D eigenvalue weighted by molar-refractivity contribution is 6.03. The van der Waals surface area contributed by atoms with Gasteiger partial charge < -0.3 is 4.74 Å². The van der Waals surface area contributed by atoms with Gasteiger partial charge in [0.1, 0.15) is 11.6 Å². The number of benzene rings is 3. The Balaban J connectivity index is 1.73. The summed E-state index contributed by atoms with van der Waals surface area (Å²) in [4.78, 5) is 21.6. The van der Waals surface area contributed by atoms with Crippen LogP contribution in [0, 0.1) is 5.82 Å². The van der Waals surface area contributed by atoms with Crippen molar-refractivity contribution < 1.29 is 13.9 Å². The third kappa shape index (κ3) is 4.33. The minimum atomic E-state index is -0.416. The predicted molar refractivity (Wildman–Crippen MR) is 114 cm³/mol. The number of methoxy groups -OCH3 is 1. The molecule has 1 amide bonds. The number of ether oxygens (including phenoxy) is 1. The molecule has 30 heavy (non-hydrogen) atoms. The van der Waals surface area contributed by atoms with Crippen LogP contribution < -0.4 is 10.1 Å². The van der Waals surface area contributed by atoms with E-state index in [-0.39, 0.29) is 5.95 Å². The highest BCUT2D eigenvalue weighted by atomic mass is 19.1. The molecule has 4 rings (SSSR count). The molecule has 0 bridgehead atoms. The first-order chi connectivity index (χ1) is 14.6. The fourth-order valence-electron chi connectivity index (χ4n) is 2.94. The van der Waals surface area contributed by atoms with E-state index in [0.717, 1.165) is 16.9 Å². The molecule has 0 atom stereocenters. The Morgan fingerprint density at radius 3 is 2.03 bits per heavy atom. The van der Waals surface area contributed by atoms with Crippen LogP contribution in [0.1, 0.15) is 10.4 Å². The van der Waals surface area contributed by atoms with E-state index in [1.165, 1.54) is 24.3 Å². The second-order valence-electron chi connectivity index (χ2n) is 6.52. The summed E-state index contributed by atoms with van der Waals surface area (Å²) in [5, 5.41) is 2.71. The molecular formula is C24H18FN3O2. The quantitative estimate of drug-likeness (QED) is 0.500. The Kier molecular flexibility index (Phi) is 5.48. The van der Waals surface area contributed by atoms with Gasteiger partial charge in [0.2, 0.25) is 5.95 Å². The van der Waals surface area contributed by atoms with Crippen molar-refractivity contribution in [2.24, 2.45) is 0 Å². The molecule has 1 N–H and O–H groups in total. The number of amides is 1. The lowest BCUT2D eigenvalue weighted by Gasteiger charge is -2.10. The van der Waals surface area contributed by atoms with Crippen LogP contribution in [-0.4, -0.2) is 23.0 Å². The normalized spacial score (nSPS) is 10.5. The van der Waals surface area contributed by atoms with E-state index in [9.17, 15) is 9.18 Å². The first-order valence-corrected chi connectivity index (χ1v) is 9.28. The van der Waals surface area contributed by atoms with Crippen molar-refractivity contribution in [3.63, 3.8) is 0 Å². The maximum atomic E-state index is 13.1. The number of carbonyl (C=O) groups is 1. The van der Waals surface area contributed by atoms with Gasteiger partial charge in [-0.3, -0.25) is 10.1 Å². The number of carbonyl (C=O) groups excluding carboxylic acids is 1. The van der Waals surface area contributed by atoms with Crippen LogP contribution in [0.2, 0.25) is 0 Å². The van der Waals surface area contributed by atoms with E-state index in [0.29, 0.717) is 17.0 Å². The number of hydrogen-bond acceptors (Lipinski definition) is 4. The van der Waals surface area contributed by atoms with E-state index in [1.807, 2.05) is 60.7 Å². The zero-order valence-corrected chi connectivity index (χ0v) is 16.2. The van der Waals surface area contributed by atoms with Crippen LogP contribution in [0.3, 0.4) is 0 Å². The maximum absolute atomic E-state index is 13.1. The van der Waals surface area contributed by atoms with Crippen molar-refractivity contribution >= 4 is 11.9 Å². The molecule has 0 radical (unpaired) electrons. The lowest BCUT2D eigenvalue weighted by molar-refractivity contribution is 0.102. The SMILES string of the molecule is COc1ccc(-c2cc(-c3ccccc3)nc(NC(=O)c3ccc(F)cc3)n2)cc1. The van der Waals surface area contributed by atoms with Gasteiger partial charge >= 0.3 is 0 Å². The molecule has 6 heteroatoms. The lowest BCUT2D eigenvalue weighted by Crippen LogP contribution is -2.14. The van der Waals surface area contributed by atoms with Crippen LogP contribution in [0.5, 0.6) is 5.75 Å². The molecule has 4 aromatic rings. The smallest absolute Gasteiger partial charge is 0.258 e. The molecule has 0 aliphatic carbocycles. The van der Waals surface area contributed by atoms with Crippen LogP contribution in [-0.2, 0) is 0 Å². The van der Waals surface area contributed by atoms with Crippen molar-refractivity contribution in [1.82, 2.24) is 9.97 Å². The first-order valence-electron chi connectivity index (χ1n) is 9.28. The number of nitrogens with zero attached hydrogens (tertiary/aromatic N) is 2. The zero-order chi connectivity index (χ0) is 20.9.